The summed E-state index contributed by atoms with van der Waals surface area (Å²) in [4.78, 5) is 47.0. The van der Waals surface area contributed by atoms with Crippen molar-refractivity contribution in [2.45, 2.75) is 34.6 Å². The van der Waals surface area contributed by atoms with Gasteiger partial charge in [-0.25, -0.2) is 9.09 Å². The molecule has 0 radical (unpaired) electrons. The molecule has 156 valence electrons. The Morgan fingerprint density at radius 3 is 1.81 bits per heavy atom. The third-order valence-electron chi connectivity index (χ3n) is 2.15. The number of hydrogen-bond acceptors (Lipinski definition) is 8. The fourth-order valence-corrected chi connectivity index (χ4v) is 1.48. The molecular weight excluding hydrogens is 394 g/mol. The molecule has 26 heavy (non-hydrogen) atoms. The second kappa shape index (κ2) is 11.8. The summed E-state index contributed by atoms with van der Waals surface area (Å²) in [5.41, 5.74) is -0.710. The Balaban J connectivity index is 0. The average Bonchev–Trinajstić information content (AvgIpc) is 2.40. The van der Waals surface area contributed by atoms with E-state index in [0.717, 1.165) is 6.66 Å². The normalized spacial score (nSPS) is 14.1. The quantitative estimate of drug-likeness (QED) is 0.225. The van der Waals surface area contributed by atoms with Crippen molar-refractivity contribution in [1.29, 1.82) is 0 Å². The zero-order chi connectivity index (χ0) is 21.2. The van der Waals surface area contributed by atoms with E-state index in [1.165, 1.54) is 0 Å². The fraction of sp³-hybridized carbons (Fsp3) is 0.846. The monoisotopic (exact) mass is 422 g/mol. The van der Waals surface area contributed by atoms with E-state index < -0.39 is 33.6 Å². The van der Waals surface area contributed by atoms with Crippen LogP contribution in [0.4, 0.5) is 0 Å². The van der Waals surface area contributed by atoms with Crippen molar-refractivity contribution >= 4 is 27.4 Å². The van der Waals surface area contributed by atoms with Gasteiger partial charge in [0.1, 0.15) is 6.61 Å². The van der Waals surface area contributed by atoms with E-state index in [4.69, 9.17) is 19.4 Å². The Kier molecular flexibility index (Phi) is 12.5. The standard InChI is InChI=1S/C7H15O5P.C6H13O6P/c1-6(2)7(8)11-4-5-12-13(3,9)10;1-6(2,3)5(7)11-4-12-13(8,9)10/h6H,4-5H2,1-3H3,(H,9,10);4H2,1-3H3,(H2,8,9,10). The first kappa shape index (κ1) is 27.4. The SMILES string of the molecule is CC(C)(C)C(=O)OCOP(=O)(O)O.CC(C)C(=O)OCCOP(C)(=O)O. The number of ether oxygens (including phenoxy) is 2. The van der Waals surface area contributed by atoms with Gasteiger partial charge in [0.2, 0.25) is 6.79 Å². The molecule has 3 N–H and O–H groups in total. The maximum absolute atomic E-state index is 11.0. The Bertz CT molecular complexity index is 527. The van der Waals surface area contributed by atoms with Gasteiger partial charge in [-0.05, 0) is 20.8 Å². The van der Waals surface area contributed by atoms with Gasteiger partial charge < -0.3 is 28.7 Å². The van der Waals surface area contributed by atoms with Crippen LogP contribution in [0.5, 0.6) is 0 Å². The van der Waals surface area contributed by atoms with Crippen molar-refractivity contribution in [3.63, 3.8) is 0 Å². The molecule has 0 fully saturated rings. The third kappa shape index (κ3) is 19.5. The average molecular weight is 422 g/mol. The predicted molar refractivity (Wildman–Crippen MR) is 91.0 cm³/mol. The lowest BCUT2D eigenvalue weighted by atomic mass is 9.98. The molecule has 0 saturated carbocycles. The van der Waals surface area contributed by atoms with Crippen LogP contribution in [0.1, 0.15) is 34.6 Å². The minimum atomic E-state index is -4.55. The van der Waals surface area contributed by atoms with Gasteiger partial charge in [-0.15, -0.1) is 0 Å². The summed E-state index contributed by atoms with van der Waals surface area (Å²) >= 11 is 0. The van der Waals surface area contributed by atoms with Crippen molar-refractivity contribution in [2.24, 2.45) is 11.3 Å². The molecule has 0 aliphatic heterocycles. The van der Waals surface area contributed by atoms with Gasteiger partial charge in [-0.2, -0.15) is 0 Å². The largest absolute Gasteiger partial charge is 0.472 e. The number of phosphoric acid groups is 1. The van der Waals surface area contributed by atoms with Crippen LogP contribution in [-0.4, -0.2) is 53.3 Å². The minimum Gasteiger partial charge on any atom is -0.463 e. The van der Waals surface area contributed by atoms with Crippen LogP contribution in [0.2, 0.25) is 0 Å². The molecule has 0 aromatic carbocycles. The van der Waals surface area contributed by atoms with Gasteiger partial charge in [0, 0.05) is 6.66 Å². The van der Waals surface area contributed by atoms with Crippen LogP contribution in [-0.2, 0) is 37.2 Å². The molecule has 11 nitrogen and oxygen atoms in total. The molecule has 1 atom stereocenters. The zero-order valence-corrected chi connectivity index (χ0v) is 17.5. The zero-order valence-electron chi connectivity index (χ0n) is 15.7. The van der Waals surface area contributed by atoms with Gasteiger partial charge >= 0.3 is 27.4 Å². The molecule has 0 aromatic heterocycles. The lowest BCUT2D eigenvalue weighted by Crippen LogP contribution is -2.23. The van der Waals surface area contributed by atoms with E-state index in [9.17, 15) is 18.7 Å². The highest BCUT2D eigenvalue weighted by Crippen LogP contribution is 2.36. The lowest BCUT2D eigenvalue weighted by molar-refractivity contribution is -0.160. The Morgan fingerprint density at radius 2 is 1.46 bits per heavy atom. The maximum Gasteiger partial charge on any atom is 0.472 e. The van der Waals surface area contributed by atoms with Gasteiger partial charge in [0.15, 0.2) is 0 Å². The van der Waals surface area contributed by atoms with Crippen LogP contribution in [0.3, 0.4) is 0 Å². The molecule has 0 aliphatic carbocycles. The molecule has 13 heteroatoms. The number of phosphoric ester groups is 1. The van der Waals surface area contributed by atoms with Gasteiger partial charge in [-0.1, -0.05) is 13.8 Å². The molecule has 0 aliphatic rings. The molecule has 0 amide bonds. The first-order valence-corrected chi connectivity index (χ1v) is 11.0. The molecular formula is C13H28O11P2. The number of hydrogen-bond donors (Lipinski definition) is 3. The van der Waals surface area contributed by atoms with Crippen LogP contribution < -0.4 is 0 Å². The van der Waals surface area contributed by atoms with E-state index in [2.05, 4.69) is 13.8 Å². The van der Waals surface area contributed by atoms with Crippen molar-refractivity contribution in [3.05, 3.63) is 0 Å². The van der Waals surface area contributed by atoms with Crippen molar-refractivity contribution in [1.82, 2.24) is 0 Å². The van der Waals surface area contributed by atoms with Gasteiger partial charge in [0.25, 0.3) is 0 Å². The van der Waals surface area contributed by atoms with E-state index in [0.29, 0.717) is 0 Å². The predicted octanol–water partition coefficient (Wildman–Crippen LogP) is 1.66. The molecule has 1 unspecified atom stereocenters. The first-order chi connectivity index (χ1) is 11.5. The fourth-order valence-electron chi connectivity index (χ4n) is 0.881. The van der Waals surface area contributed by atoms with Crippen LogP contribution in [0.15, 0.2) is 0 Å². The number of carbonyl (C=O) groups excluding carboxylic acids is 2. The summed E-state index contributed by atoms with van der Waals surface area (Å²) < 4.78 is 38.3. The molecule has 0 heterocycles. The second-order valence-corrected chi connectivity index (χ2v) is 9.48. The Hall–Kier alpha value is -0.800. The van der Waals surface area contributed by atoms with Gasteiger partial charge in [-0.3, -0.25) is 14.2 Å². The van der Waals surface area contributed by atoms with E-state index in [1.54, 1.807) is 34.6 Å². The van der Waals surface area contributed by atoms with E-state index in [-0.39, 0.29) is 25.1 Å². The highest BCUT2D eigenvalue weighted by molar-refractivity contribution is 7.51. The smallest absolute Gasteiger partial charge is 0.463 e. The maximum atomic E-state index is 11.0. The third-order valence-corrected chi connectivity index (χ3v) is 3.26. The summed E-state index contributed by atoms with van der Waals surface area (Å²) in [7, 11) is -7.99. The topological polar surface area (TPSA) is 166 Å². The summed E-state index contributed by atoms with van der Waals surface area (Å²) in [6.07, 6.45) is 0. The van der Waals surface area contributed by atoms with Crippen LogP contribution >= 0.6 is 15.4 Å². The summed E-state index contributed by atoms with van der Waals surface area (Å²) in [6.45, 7) is 8.57. The molecule has 0 aromatic rings. The Morgan fingerprint density at radius 1 is 0.962 bits per heavy atom. The lowest BCUT2D eigenvalue weighted by Gasteiger charge is -2.16. The molecule has 0 bridgehead atoms. The number of carbonyl (C=O) groups is 2. The van der Waals surface area contributed by atoms with Crippen LogP contribution in [0.25, 0.3) is 0 Å². The molecule has 0 spiro atoms. The Labute approximate surface area is 152 Å². The van der Waals surface area contributed by atoms with Crippen molar-refractivity contribution in [3.8, 4) is 0 Å². The minimum absolute atomic E-state index is 0.00933. The highest BCUT2D eigenvalue weighted by Gasteiger charge is 2.24. The summed E-state index contributed by atoms with van der Waals surface area (Å²) in [5.74, 6) is -1.11. The van der Waals surface area contributed by atoms with Crippen molar-refractivity contribution in [2.75, 3.05) is 26.7 Å². The van der Waals surface area contributed by atoms with Crippen LogP contribution in [0, 0.1) is 11.3 Å². The summed E-state index contributed by atoms with van der Waals surface area (Å²) in [5, 5.41) is 0. The van der Waals surface area contributed by atoms with E-state index in [1.807, 2.05) is 0 Å². The summed E-state index contributed by atoms with van der Waals surface area (Å²) in [6, 6.07) is 0. The number of rotatable bonds is 8. The number of esters is 2. The first-order valence-electron chi connectivity index (χ1n) is 7.44. The van der Waals surface area contributed by atoms with Gasteiger partial charge in [0.05, 0.1) is 17.9 Å². The molecule has 0 saturated heterocycles. The second-order valence-electron chi connectivity index (χ2n) is 6.38. The highest BCUT2D eigenvalue weighted by atomic mass is 31.2. The molecule has 0 rings (SSSR count). The van der Waals surface area contributed by atoms with E-state index >= 15 is 0 Å². The van der Waals surface area contributed by atoms with Crippen molar-refractivity contribution < 1.29 is 51.9 Å².